The molecule has 0 saturated carbocycles. The number of benzene rings is 2. The molecule has 1 saturated heterocycles. The van der Waals surface area contributed by atoms with E-state index in [4.69, 9.17) is 9.47 Å². The van der Waals surface area contributed by atoms with Gasteiger partial charge in [0, 0.05) is 44.2 Å². The Labute approximate surface area is 177 Å². The molecule has 158 valence electrons. The second-order valence-electron chi connectivity index (χ2n) is 7.55. The molecule has 0 spiro atoms. The minimum Gasteiger partial charge on any atom is -0.493 e. The number of fused-ring (bicyclic) bond motifs is 1. The number of methoxy groups -OCH3 is 2. The van der Waals surface area contributed by atoms with Gasteiger partial charge in [-0.3, -0.25) is 4.90 Å². The quantitative estimate of drug-likeness (QED) is 0.618. The van der Waals surface area contributed by atoms with E-state index in [1.165, 1.54) is 5.56 Å². The number of likely N-dealkylation sites (tertiary alicyclic amines) is 1. The molecule has 1 aliphatic rings. The van der Waals surface area contributed by atoms with Gasteiger partial charge in [0.2, 0.25) is 5.95 Å². The first-order chi connectivity index (χ1) is 14.7. The molecule has 1 aliphatic heterocycles. The molecule has 0 atom stereocenters. The standard InChI is InChI=1S/C23H29N5O2/c1-24-23-26-19-14-21(30-3)20(29-2)13-18(19)22(27-23)25-17-9-11-28(12-10-17)15-16-7-5-4-6-8-16/h4-8,13-14,17H,9-12,15H2,1-3H3,(H2,24,25,26,27). The molecule has 2 N–H and O–H groups in total. The lowest BCUT2D eigenvalue weighted by Gasteiger charge is -2.32. The number of piperidine rings is 1. The Hall–Kier alpha value is -3.06. The summed E-state index contributed by atoms with van der Waals surface area (Å²) in [5, 5.41) is 7.64. The normalized spacial score (nSPS) is 15.2. The average molecular weight is 408 g/mol. The largest absolute Gasteiger partial charge is 0.493 e. The molecule has 0 aliphatic carbocycles. The fraction of sp³-hybridized carbons (Fsp3) is 0.391. The van der Waals surface area contributed by atoms with Crippen LogP contribution in [0, 0.1) is 0 Å². The lowest BCUT2D eigenvalue weighted by atomic mass is 10.0. The van der Waals surface area contributed by atoms with Crippen molar-refractivity contribution in [3.63, 3.8) is 0 Å². The van der Waals surface area contributed by atoms with E-state index in [0.29, 0.717) is 23.5 Å². The van der Waals surface area contributed by atoms with E-state index in [1.807, 2.05) is 19.2 Å². The van der Waals surface area contributed by atoms with E-state index in [9.17, 15) is 0 Å². The lowest BCUT2D eigenvalue weighted by Crippen LogP contribution is -2.38. The van der Waals surface area contributed by atoms with Gasteiger partial charge >= 0.3 is 0 Å². The van der Waals surface area contributed by atoms with Crippen LogP contribution in [0.15, 0.2) is 42.5 Å². The van der Waals surface area contributed by atoms with Crippen molar-refractivity contribution in [2.75, 3.05) is 45.0 Å². The van der Waals surface area contributed by atoms with Gasteiger partial charge in [-0.05, 0) is 24.5 Å². The number of rotatable bonds is 7. The van der Waals surface area contributed by atoms with Crippen molar-refractivity contribution in [3.8, 4) is 11.5 Å². The zero-order valence-electron chi connectivity index (χ0n) is 17.8. The summed E-state index contributed by atoms with van der Waals surface area (Å²) in [6.07, 6.45) is 2.14. The van der Waals surface area contributed by atoms with Crippen molar-refractivity contribution in [2.24, 2.45) is 0 Å². The van der Waals surface area contributed by atoms with Crippen LogP contribution in [0.3, 0.4) is 0 Å². The number of nitrogens with one attached hydrogen (secondary N) is 2. The fourth-order valence-corrected chi connectivity index (χ4v) is 3.95. The maximum absolute atomic E-state index is 5.49. The van der Waals surface area contributed by atoms with Crippen LogP contribution in [0.2, 0.25) is 0 Å². The van der Waals surface area contributed by atoms with Crippen LogP contribution in [-0.2, 0) is 6.54 Å². The summed E-state index contributed by atoms with van der Waals surface area (Å²) in [7, 11) is 5.10. The van der Waals surface area contributed by atoms with Crippen LogP contribution in [0.25, 0.3) is 10.9 Å². The maximum atomic E-state index is 5.49. The molecule has 4 rings (SSSR count). The first-order valence-electron chi connectivity index (χ1n) is 10.3. The zero-order valence-corrected chi connectivity index (χ0v) is 17.8. The molecule has 7 nitrogen and oxygen atoms in total. The van der Waals surface area contributed by atoms with E-state index < -0.39 is 0 Å². The van der Waals surface area contributed by atoms with E-state index >= 15 is 0 Å². The Morgan fingerprint density at radius 2 is 1.70 bits per heavy atom. The summed E-state index contributed by atoms with van der Waals surface area (Å²) in [6, 6.07) is 14.9. The van der Waals surface area contributed by atoms with Gasteiger partial charge in [0.1, 0.15) is 5.82 Å². The van der Waals surface area contributed by atoms with Gasteiger partial charge in [-0.2, -0.15) is 4.98 Å². The molecular weight excluding hydrogens is 378 g/mol. The number of anilines is 2. The molecule has 0 unspecified atom stereocenters. The van der Waals surface area contributed by atoms with Crippen LogP contribution < -0.4 is 20.1 Å². The van der Waals surface area contributed by atoms with Crippen molar-refractivity contribution in [2.45, 2.75) is 25.4 Å². The van der Waals surface area contributed by atoms with Gasteiger partial charge < -0.3 is 20.1 Å². The summed E-state index contributed by atoms with van der Waals surface area (Å²) in [6.45, 7) is 3.13. The number of nitrogens with zero attached hydrogens (tertiary/aromatic N) is 3. The second kappa shape index (κ2) is 9.17. The topological polar surface area (TPSA) is 71.5 Å². The smallest absolute Gasteiger partial charge is 0.224 e. The minimum atomic E-state index is 0.368. The molecule has 30 heavy (non-hydrogen) atoms. The molecule has 2 aromatic carbocycles. The molecule has 0 amide bonds. The highest BCUT2D eigenvalue weighted by molar-refractivity contribution is 5.92. The summed E-state index contributed by atoms with van der Waals surface area (Å²) in [5.41, 5.74) is 2.18. The number of ether oxygens (including phenoxy) is 2. The maximum Gasteiger partial charge on any atom is 0.224 e. The summed E-state index contributed by atoms with van der Waals surface area (Å²) < 4.78 is 10.9. The SMILES string of the molecule is CNc1nc(NC2CCN(Cc3ccccc3)CC2)c2cc(OC)c(OC)cc2n1. The molecule has 0 bridgehead atoms. The summed E-state index contributed by atoms with van der Waals surface area (Å²) in [4.78, 5) is 11.8. The zero-order chi connectivity index (χ0) is 20.9. The van der Waals surface area contributed by atoms with E-state index in [2.05, 4.69) is 55.8 Å². The highest BCUT2D eigenvalue weighted by Gasteiger charge is 2.21. The highest BCUT2D eigenvalue weighted by Crippen LogP contribution is 2.35. The van der Waals surface area contributed by atoms with Crippen LogP contribution >= 0.6 is 0 Å². The lowest BCUT2D eigenvalue weighted by molar-refractivity contribution is 0.211. The highest BCUT2D eigenvalue weighted by atomic mass is 16.5. The van der Waals surface area contributed by atoms with Gasteiger partial charge in [-0.25, -0.2) is 4.98 Å². The van der Waals surface area contributed by atoms with Gasteiger partial charge in [-0.1, -0.05) is 30.3 Å². The van der Waals surface area contributed by atoms with Crippen molar-refractivity contribution in [1.29, 1.82) is 0 Å². The van der Waals surface area contributed by atoms with Crippen LogP contribution in [0.5, 0.6) is 11.5 Å². The number of hydrogen-bond acceptors (Lipinski definition) is 7. The third-order valence-corrected chi connectivity index (χ3v) is 5.60. The first-order valence-corrected chi connectivity index (χ1v) is 10.3. The molecule has 1 fully saturated rings. The molecule has 0 radical (unpaired) electrons. The van der Waals surface area contributed by atoms with Crippen LogP contribution in [0.4, 0.5) is 11.8 Å². The van der Waals surface area contributed by atoms with Crippen molar-refractivity contribution in [1.82, 2.24) is 14.9 Å². The Morgan fingerprint density at radius 3 is 2.37 bits per heavy atom. The van der Waals surface area contributed by atoms with Crippen LogP contribution in [-0.4, -0.2) is 55.3 Å². The second-order valence-corrected chi connectivity index (χ2v) is 7.55. The van der Waals surface area contributed by atoms with Gasteiger partial charge in [0.25, 0.3) is 0 Å². The van der Waals surface area contributed by atoms with Crippen molar-refractivity contribution >= 4 is 22.7 Å². The summed E-state index contributed by atoms with van der Waals surface area (Å²) >= 11 is 0. The third kappa shape index (κ3) is 4.41. The van der Waals surface area contributed by atoms with Crippen molar-refractivity contribution < 1.29 is 9.47 Å². The molecule has 1 aromatic heterocycles. The van der Waals surface area contributed by atoms with Crippen molar-refractivity contribution in [3.05, 3.63) is 48.0 Å². The Kier molecular flexibility index (Phi) is 6.18. The monoisotopic (exact) mass is 407 g/mol. The predicted octanol–water partition coefficient (Wildman–Crippen LogP) is 3.77. The van der Waals surface area contributed by atoms with E-state index in [-0.39, 0.29) is 0 Å². The Bertz CT molecular complexity index is 988. The van der Waals surface area contributed by atoms with E-state index in [0.717, 1.165) is 49.2 Å². The Balaban J connectivity index is 1.50. The van der Waals surface area contributed by atoms with E-state index in [1.54, 1.807) is 14.2 Å². The summed E-state index contributed by atoms with van der Waals surface area (Å²) in [5.74, 6) is 2.74. The van der Waals surface area contributed by atoms with Crippen LogP contribution in [0.1, 0.15) is 18.4 Å². The molecule has 2 heterocycles. The number of aromatic nitrogens is 2. The van der Waals surface area contributed by atoms with Gasteiger partial charge in [0.05, 0.1) is 19.7 Å². The Morgan fingerprint density at radius 1 is 1.00 bits per heavy atom. The van der Waals surface area contributed by atoms with Gasteiger partial charge in [0.15, 0.2) is 11.5 Å². The minimum absolute atomic E-state index is 0.368. The third-order valence-electron chi connectivity index (χ3n) is 5.60. The molecule has 3 aromatic rings. The first kappa shape index (κ1) is 20.2. The van der Waals surface area contributed by atoms with Gasteiger partial charge in [-0.15, -0.1) is 0 Å². The molecular formula is C23H29N5O2. The molecule has 7 heteroatoms. The predicted molar refractivity (Wildman–Crippen MR) is 121 cm³/mol. The fourth-order valence-electron chi connectivity index (χ4n) is 3.95. The number of hydrogen-bond donors (Lipinski definition) is 2. The average Bonchev–Trinajstić information content (AvgIpc) is 2.80.